The lowest BCUT2D eigenvalue weighted by atomic mass is 10.2. The van der Waals surface area contributed by atoms with Gasteiger partial charge in [0.05, 0.1) is 20.4 Å². The van der Waals surface area contributed by atoms with Crippen molar-refractivity contribution < 1.29 is 14.1 Å². The van der Waals surface area contributed by atoms with Crippen LogP contribution in [0.15, 0.2) is 81.4 Å². The predicted molar refractivity (Wildman–Crippen MR) is 131 cm³/mol. The highest BCUT2D eigenvalue weighted by Crippen LogP contribution is 2.39. The van der Waals surface area contributed by atoms with Crippen molar-refractivity contribution in [1.82, 2.24) is 0 Å². The summed E-state index contributed by atoms with van der Waals surface area (Å²) in [5.74, 6) is -0.891. The number of nitro benzene ring substituents is 1. The van der Waals surface area contributed by atoms with Crippen LogP contribution in [-0.2, 0) is 4.79 Å². The molecule has 10 heteroatoms. The Morgan fingerprint density at radius 1 is 1.12 bits per heavy atom. The number of nitrogens with zero attached hydrogens (tertiary/aromatic N) is 2. The summed E-state index contributed by atoms with van der Waals surface area (Å²) < 4.78 is 13.8. The van der Waals surface area contributed by atoms with Crippen molar-refractivity contribution in [1.29, 1.82) is 0 Å². The topological polar surface area (TPSA) is 63.4 Å². The van der Waals surface area contributed by atoms with E-state index in [0.29, 0.717) is 26.1 Å². The molecule has 0 aliphatic carbocycles. The summed E-state index contributed by atoms with van der Waals surface area (Å²) in [6.45, 7) is 0. The molecule has 0 unspecified atom stereocenters. The summed E-state index contributed by atoms with van der Waals surface area (Å²) in [5.41, 5.74) is 0.729. The molecule has 0 aromatic heterocycles. The molecule has 0 radical (unpaired) electrons. The molecule has 0 saturated carbocycles. The van der Waals surface area contributed by atoms with Gasteiger partial charge in [-0.1, -0.05) is 59.5 Å². The zero-order valence-corrected chi connectivity index (χ0v) is 19.2. The molecule has 1 amide bonds. The Hall–Kier alpha value is -2.72. The molecule has 1 aliphatic heterocycles. The van der Waals surface area contributed by atoms with Gasteiger partial charge in [-0.2, -0.15) is 0 Å². The Kier molecular flexibility index (Phi) is 6.61. The van der Waals surface area contributed by atoms with E-state index in [2.05, 4.69) is 0 Å². The van der Waals surface area contributed by atoms with E-state index in [-0.39, 0.29) is 10.0 Å². The number of thioether (sulfide) groups is 1. The molecular weight excluding hydrogens is 491 g/mol. The standard InChI is InChI=1S/C22H12ClFN2O3S3/c23-14-5-7-17(8-6-14)31-19-9-4-13(10-18(19)26(28)29)11-20-21(27)25(22(30)32-20)16-3-1-2-15(24)12-16/h1-12H. The number of hydrogen-bond acceptors (Lipinski definition) is 6. The molecule has 0 spiro atoms. The van der Waals surface area contributed by atoms with Gasteiger partial charge in [-0.15, -0.1) is 0 Å². The number of halogens is 2. The van der Waals surface area contributed by atoms with E-state index in [4.69, 9.17) is 23.8 Å². The number of carbonyl (C=O) groups is 1. The third-order valence-corrected chi connectivity index (χ3v) is 7.01. The first kappa shape index (κ1) is 22.5. The molecule has 0 N–H and O–H groups in total. The van der Waals surface area contributed by atoms with Gasteiger partial charge in [0, 0.05) is 16.0 Å². The van der Waals surface area contributed by atoms with E-state index in [1.54, 1.807) is 48.5 Å². The number of rotatable bonds is 5. The first-order valence-corrected chi connectivity index (χ1v) is 11.5. The Morgan fingerprint density at radius 3 is 2.56 bits per heavy atom. The number of anilines is 1. The SMILES string of the molecule is O=C1C(=Cc2ccc(Sc3ccc(Cl)cc3)c([N+](=O)[O-])c2)SC(=S)N1c1cccc(F)c1. The molecule has 5 nitrogen and oxygen atoms in total. The van der Waals surface area contributed by atoms with Crippen LogP contribution in [0.2, 0.25) is 5.02 Å². The Labute approximate surface area is 201 Å². The average molecular weight is 503 g/mol. The fraction of sp³-hybridized carbons (Fsp3) is 0. The fourth-order valence-electron chi connectivity index (χ4n) is 2.94. The monoisotopic (exact) mass is 502 g/mol. The number of benzene rings is 3. The average Bonchev–Trinajstić information content (AvgIpc) is 3.03. The normalized spacial score (nSPS) is 14.9. The van der Waals surface area contributed by atoms with E-state index in [9.17, 15) is 19.3 Å². The summed E-state index contributed by atoms with van der Waals surface area (Å²) in [6.07, 6.45) is 1.54. The van der Waals surface area contributed by atoms with Gasteiger partial charge in [0.15, 0.2) is 4.32 Å². The molecule has 1 heterocycles. The lowest BCUT2D eigenvalue weighted by molar-refractivity contribution is -0.387. The highest BCUT2D eigenvalue weighted by molar-refractivity contribution is 8.27. The molecule has 0 atom stereocenters. The molecular formula is C22H12ClFN2O3S3. The Bertz CT molecular complexity index is 1280. The third-order valence-electron chi connectivity index (χ3n) is 4.38. The van der Waals surface area contributed by atoms with Crippen LogP contribution in [0.3, 0.4) is 0 Å². The number of amides is 1. The Balaban J connectivity index is 1.63. The van der Waals surface area contributed by atoms with Crippen molar-refractivity contribution in [2.45, 2.75) is 9.79 Å². The maximum Gasteiger partial charge on any atom is 0.283 e. The van der Waals surface area contributed by atoms with Crippen molar-refractivity contribution in [2.24, 2.45) is 0 Å². The first-order chi connectivity index (χ1) is 15.3. The van der Waals surface area contributed by atoms with E-state index in [0.717, 1.165) is 16.7 Å². The first-order valence-electron chi connectivity index (χ1n) is 9.07. The fourth-order valence-corrected chi connectivity index (χ4v) is 5.26. The van der Waals surface area contributed by atoms with Gasteiger partial charge in [-0.05, 0) is 60.2 Å². The van der Waals surface area contributed by atoms with Crippen molar-refractivity contribution in [3.05, 3.63) is 98.2 Å². The van der Waals surface area contributed by atoms with Crippen molar-refractivity contribution in [2.75, 3.05) is 4.90 Å². The highest BCUT2D eigenvalue weighted by atomic mass is 35.5. The van der Waals surface area contributed by atoms with Gasteiger partial charge in [-0.25, -0.2) is 4.39 Å². The molecule has 160 valence electrons. The number of carbonyl (C=O) groups excluding carboxylic acids is 1. The number of nitro groups is 1. The molecule has 32 heavy (non-hydrogen) atoms. The molecule has 4 rings (SSSR count). The van der Waals surface area contributed by atoms with E-state index >= 15 is 0 Å². The van der Waals surface area contributed by atoms with Crippen molar-refractivity contribution in [3.8, 4) is 0 Å². The second-order valence-electron chi connectivity index (χ2n) is 6.54. The second-order valence-corrected chi connectivity index (χ2v) is 9.76. The highest BCUT2D eigenvalue weighted by Gasteiger charge is 2.33. The van der Waals surface area contributed by atoms with Crippen molar-refractivity contribution in [3.63, 3.8) is 0 Å². The smallest absolute Gasteiger partial charge is 0.268 e. The summed E-state index contributed by atoms with van der Waals surface area (Å²) in [7, 11) is 0. The molecule has 3 aromatic rings. The quantitative estimate of drug-likeness (QED) is 0.163. The lowest BCUT2D eigenvalue weighted by Crippen LogP contribution is -2.27. The molecule has 0 bridgehead atoms. The van der Waals surface area contributed by atoms with Gasteiger partial charge >= 0.3 is 0 Å². The minimum Gasteiger partial charge on any atom is -0.268 e. The molecule has 1 fully saturated rings. The van der Waals surface area contributed by atoms with Crippen LogP contribution in [-0.4, -0.2) is 15.2 Å². The van der Waals surface area contributed by atoms with Crippen LogP contribution in [0.25, 0.3) is 6.08 Å². The second kappa shape index (κ2) is 9.41. The summed E-state index contributed by atoms with van der Waals surface area (Å²) in [4.78, 5) is 26.9. The molecule has 3 aromatic carbocycles. The zero-order valence-electron chi connectivity index (χ0n) is 16.0. The van der Waals surface area contributed by atoms with Crippen LogP contribution in [0, 0.1) is 15.9 Å². The van der Waals surface area contributed by atoms with Gasteiger partial charge < -0.3 is 0 Å². The van der Waals surface area contributed by atoms with Crippen LogP contribution < -0.4 is 4.90 Å². The summed E-state index contributed by atoms with van der Waals surface area (Å²) in [5, 5.41) is 12.2. The van der Waals surface area contributed by atoms with Crippen LogP contribution >= 0.6 is 47.3 Å². The van der Waals surface area contributed by atoms with E-state index in [1.807, 2.05) is 0 Å². The number of thiocarbonyl (C=S) groups is 1. The Morgan fingerprint density at radius 2 is 1.88 bits per heavy atom. The number of hydrogen-bond donors (Lipinski definition) is 0. The zero-order chi connectivity index (χ0) is 22.8. The third kappa shape index (κ3) is 4.86. The minimum absolute atomic E-state index is 0.0840. The minimum atomic E-state index is -0.482. The van der Waals surface area contributed by atoms with E-state index < -0.39 is 16.6 Å². The van der Waals surface area contributed by atoms with Crippen molar-refractivity contribution >= 4 is 75.0 Å². The van der Waals surface area contributed by atoms with Gasteiger partial charge in [0.1, 0.15) is 5.82 Å². The van der Waals surface area contributed by atoms with Crippen LogP contribution in [0.1, 0.15) is 5.56 Å². The molecule has 1 aliphatic rings. The lowest BCUT2D eigenvalue weighted by Gasteiger charge is -2.14. The maximum atomic E-state index is 13.6. The van der Waals surface area contributed by atoms with Gasteiger partial charge in [0.25, 0.3) is 11.6 Å². The van der Waals surface area contributed by atoms with Crippen LogP contribution in [0.5, 0.6) is 0 Å². The van der Waals surface area contributed by atoms with Gasteiger partial charge in [-0.3, -0.25) is 19.8 Å². The van der Waals surface area contributed by atoms with E-state index in [1.165, 1.54) is 40.9 Å². The predicted octanol–water partition coefficient (Wildman–Crippen LogP) is 6.94. The molecule has 1 saturated heterocycles. The largest absolute Gasteiger partial charge is 0.283 e. The van der Waals surface area contributed by atoms with Crippen LogP contribution in [0.4, 0.5) is 15.8 Å². The van der Waals surface area contributed by atoms with Gasteiger partial charge in [0.2, 0.25) is 0 Å². The summed E-state index contributed by atoms with van der Waals surface area (Å²) in [6, 6.07) is 17.3. The summed E-state index contributed by atoms with van der Waals surface area (Å²) >= 11 is 13.5. The maximum absolute atomic E-state index is 13.6.